The Bertz CT molecular complexity index is 1160. The molecular formula is C23H24N4O3. The fourth-order valence-electron chi connectivity index (χ4n) is 3.29. The summed E-state index contributed by atoms with van der Waals surface area (Å²) in [6, 6.07) is 13.1. The minimum absolute atomic E-state index is 0.118. The number of hydrogen-bond acceptors (Lipinski definition) is 5. The minimum Gasteiger partial charge on any atom is -0.489 e. The van der Waals surface area contributed by atoms with Crippen LogP contribution in [0.3, 0.4) is 0 Å². The zero-order chi connectivity index (χ0) is 21.1. The summed E-state index contributed by atoms with van der Waals surface area (Å²) in [5.41, 5.74) is 5.36. The van der Waals surface area contributed by atoms with E-state index in [4.69, 9.17) is 9.26 Å². The topological polar surface area (TPSA) is 81.7 Å². The van der Waals surface area contributed by atoms with Crippen molar-refractivity contribution in [2.45, 2.75) is 33.8 Å². The van der Waals surface area contributed by atoms with Crippen molar-refractivity contribution in [3.63, 3.8) is 0 Å². The van der Waals surface area contributed by atoms with Gasteiger partial charge in [-0.15, -0.1) is 0 Å². The first-order chi connectivity index (χ1) is 14.5. The van der Waals surface area contributed by atoms with Gasteiger partial charge in [-0.2, -0.15) is 0 Å². The van der Waals surface area contributed by atoms with Gasteiger partial charge in [0.05, 0.1) is 17.0 Å². The van der Waals surface area contributed by atoms with Crippen molar-refractivity contribution in [3.8, 4) is 5.75 Å². The van der Waals surface area contributed by atoms with Gasteiger partial charge in [-0.3, -0.25) is 4.79 Å². The number of carbonyl (C=O) groups excluding carboxylic acids is 1. The Hall–Kier alpha value is -3.61. The van der Waals surface area contributed by atoms with Crippen LogP contribution in [0.25, 0.3) is 5.65 Å². The smallest absolute Gasteiger partial charge is 0.251 e. The third-order valence-electron chi connectivity index (χ3n) is 5.09. The number of aromatic nitrogens is 3. The number of benzene rings is 1. The van der Waals surface area contributed by atoms with Gasteiger partial charge in [-0.25, -0.2) is 4.98 Å². The van der Waals surface area contributed by atoms with Crippen LogP contribution in [-0.2, 0) is 13.0 Å². The summed E-state index contributed by atoms with van der Waals surface area (Å²) >= 11 is 0. The molecule has 7 nitrogen and oxygen atoms in total. The average molecular weight is 404 g/mol. The lowest BCUT2D eigenvalue weighted by Crippen LogP contribution is -2.25. The Labute approximate surface area is 174 Å². The Kier molecular flexibility index (Phi) is 5.52. The highest BCUT2D eigenvalue weighted by Gasteiger charge is 2.11. The van der Waals surface area contributed by atoms with E-state index in [2.05, 4.69) is 19.9 Å². The van der Waals surface area contributed by atoms with Gasteiger partial charge in [0.15, 0.2) is 0 Å². The summed E-state index contributed by atoms with van der Waals surface area (Å²) in [6.07, 6.45) is 2.69. The number of aryl methyl sites for hydroxylation is 3. The molecule has 1 aromatic carbocycles. The van der Waals surface area contributed by atoms with E-state index in [1.807, 2.05) is 45.2 Å². The molecule has 0 saturated heterocycles. The van der Waals surface area contributed by atoms with Crippen molar-refractivity contribution in [3.05, 3.63) is 82.6 Å². The molecule has 3 heterocycles. The Morgan fingerprint density at radius 1 is 1.13 bits per heavy atom. The fourth-order valence-corrected chi connectivity index (χ4v) is 3.29. The monoisotopic (exact) mass is 404 g/mol. The molecule has 0 aliphatic heterocycles. The Morgan fingerprint density at radius 3 is 2.63 bits per heavy atom. The lowest BCUT2D eigenvalue weighted by Gasteiger charge is -2.08. The Balaban J connectivity index is 1.29. The molecule has 4 rings (SSSR count). The molecule has 3 aromatic heterocycles. The van der Waals surface area contributed by atoms with Gasteiger partial charge in [-0.1, -0.05) is 11.2 Å². The van der Waals surface area contributed by atoms with Crippen LogP contribution in [0.4, 0.5) is 0 Å². The molecule has 1 amide bonds. The number of pyridine rings is 1. The molecule has 0 radical (unpaired) electrons. The molecule has 154 valence electrons. The molecule has 0 fully saturated rings. The molecule has 4 aromatic rings. The van der Waals surface area contributed by atoms with Crippen molar-refractivity contribution in [2.75, 3.05) is 6.54 Å². The van der Waals surface area contributed by atoms with E-state index in [-0.39, 0.29) is 5.91 Å². The summed E-state index contributed by atoms with van der Waals surface area (Å²) in [5.74, 6) is 1.32. The number of carbonyl (C=O) groups is 1. The largest absolute Gasteiger partial charge is 0.489 e. The molecule has 0 aliphatic carbocycles. The minimum atomic E-state index is -0.118. The van der Waals surface area contributed by atoms with Crippen LogP contribution in [0.2, 0.25) is 0 Å². The lowest BCUT2D eigenvalue weighted by atomic mass is 10.2. The standard InChI is InChI=1S/C23H24N4O3/c1-15-5-4-6-22-25-19(13-27(15)22)11-12-24-23(28)18-7-9-20(10-8-18)29-14-21-16(2)26-30-17(21)3/h4-10,13H,11-12,14H2,1-3H3,(H,24,28). The number of fused-ring (bicyclic) bond motifs is 1. The number of nitrogens with one attached hydrogen (secondary N) is 1. The molecule has 0 atom stereocenters. The number of nitrogens with zero attached hydrogens (tertiary/aromatic N) is 3. The molecule has 0 unspecified atom stereocenters. The molecule has 0 bridgehead atoms. The predicted octanol–water partition coefficient (Wildman–Crippen LogP) is 3.80. The molecule has 30 heavy (non-hydrogen) atoms. The van der Waals surface area contributed by atoms with Crippen LogP contribution in [0, 0.1) is 20.8 Å². The van der Waals surface area contributed by atoms with E-state index in [9.17, 15) is 4.79 Å². The third-order valence-corrected chi connectivity index (χ3v) is 5.09. The highest BCUT2D eigenvalue weighted by Crippen LogP contribution is 2.18. The first-order valence-corrected chi connectivity index (χ1v) is 9.87. The number of imidazole rings is 1. The highest BCUT2D eigenvalue weighted by molar-refractivity contribution is 5.94. The van der Waals surface area contributed by atoms with Gasteiger partial charge in [0.25, 0.3) is 5.91 Å². The van der Waals surface area contributed by atoms with Crippen molar-refractivity contribution < 1.29 is 14.1 Å². The van der Waals surface area contributed by atoms with Gasteiger partial charge in [0, 0.05) is 30.4 Å². The zero-order valence-corrected chi connectivity index (χ0v) is 17.3. The summed E-state index contributed by atoms with van der Waals surface area (Å²) in [4.78, 5) is 17.0. The summed E-state index contributed by atoms with van der Waals surface area (Å²) in [6.45, 7) is 6.69. The third kappa shape index (κ3) is 4.20. The summed E-state index contributed by atoms with van der Waals surface area (Å²) in [5, 5.41) is 6.86. The van der Waals surface area contributed by atoms with Gasteiger partial charge < -0.3 is 19.0 Å². The molecule has 0 spiro atoms. The normalized spacial score (nSPS) is 11.0. The molecule has 0 saturated carbocycles. The first kappa shape index (κ1) is 19.7. The highest BCUT2D eigenvalue weighted by atomic mass is 16.5. The van der Waals surface area contributed by atoms with Crippen LogP contribution < -0.4 is 10.1 Å². The number of amides is 1. The second-order valence-electron chi connectivity index (χ2n) is 7.25. The number of rotatable bonds is 7. The molecule has 7 heteroatoms. The average Bonchev–Trinajstić information content (AvgIpc) is 3.30. The Morgan fingerprint density at radius 2 is 1.93 bits per heavy atom. The van der Waals surface area contributed by atoms with Crippen LogP contribution in [0.1, 0.15) is 38.8 Å². The van der Waals surface area contributed by atoms with Gasteiger partial charge >= 0.3 is 0 Å². The molecular weight excluding hydrogens is 380 g/mol. The van der Waals surface area contributed by atoms with Crippen molar-refractivity contribution >= 4 is 11.6 Å². The van der Waals surface area contributed by atoms with Crippen molar-refractivity contribution in [1.29, 1.82) is 0 Å². The molecule has 1 N–H and O–H groups in total. The van der Waals surface area contributed by atoms with Gasteiger partial charge in [0.1, 0.15) is 23.8 Å². The van der Waals surface area contributed by atoms with E-state index in [0.717, 1.165) is 34.1 Å². The lowest BCUT2D eigenvalue weighted by molar-refractivity contribution is 0.0954. The number of hydrogen-bond donors (Lipinski definition) is 1. The van der Waals surface area contributed by atoms with E-state index >= 15 is 0 Å². The summed E-state index contributed by atoms with van der Waals surface area (Å²) < 4.78 is 13.0. The fraction of sp³-hybridized carbons (Fsp3) is 0.261. The SMILES string of the molecule is Cc1noc(C)c1COc1ccc(C(=O)NCCc2cn3c(C)cccc3n2)cc1. The van der Waals surface area contributed by atoms with Crippen molar-refractivity contribution in [2.24, 2.45) is 0 Å². The van der Waals surface area contributed by atoms with Gasteiger partial charge in [-0.05, 0) is 57.2 Å². The van der Waals surface area contributed by atoms with Gasteiger partial charge in [0.2, 0.25) is 0 Å². The van der Waals surface area contributed by atoms with Crippen molar-refractivity contribution in [1.82, 2.24) is 19.9 Å². The first-order valence-electron chi connectivity index (χ1n) is 9.87. The quantitative estimate of drug-likeness (QED) is 0.507. The molecule has 0 aliphatic rings. The second kappa shape index (κ2) is 8.41. The zero-order valence-electron chi connectivity index (χ0n) is 17.3. The number of ether oxygens (including phenoxy) is 1. The van der Waals surface area contributed by atoms with Crippen LogP contribution in [0.15, 0.2) is 53.2 Å². The second-order valence-corrected chi connectivity index (χ2v) is 7.25. The maximum Gasteiger partial charge on any atom is 0.251 e. The maximum atomic E-state index is 12.4. The van der Waals surface area contributed by atoms with Crippen LogP contribution in [-0.4, -0.2) is 27.0 Å². The van der Waals surface area contributed by atoms with Crippen LogP contribution >= 0.6 is 0 Å². The van der Waals surface area contributed by atoms with E-state index in [1.54, 1.807) is 24.3 Å². The summed E-state index contributed by atoms with van der Waals surface area (Å²) in [7, 11) is 0. The van der Waals surface area contributed by atoms with E-state index in [1.165, 1.54) is 0 Å². The van der Waals surface area contributed by atoms with E-state index in [0.29, 0.717) is 30.9 Å². The van der Waals surface area contributed by atoms with Crippen LogP contribution in [0.5, 0.6) is 5.75 Å². The van der Waals surface area contributed by atoms with E-state index < -0.39 is 0 Å². The predicted molar refractivity (Wildman–Crippen MR) is 113 cm³/mol. The maximum absolute atomic E-state index is 12.4.